The third kappa shape index (κ3) is 3.78. The highest BCUT2D eigenvalue weighted by molar-refractivity contribution is 7.99. The molecule has 2 N–H and O–H groups in total. The van der Waals surface area contributed by atoms with E-state index in [2.05, 4.69) is 24.0 Å². The maximum absolute atomic E-state index is 13.4. The molecule has 3 rings (SSSR count). The summed E-state index contributed by atoms with van der Waals surface area (Å²) in [5, 5.41) is 8.49. The van der Waals surface area contributed by atoms with E-state index in [9.17, 15) is 9.18 Å². The standard InChI is InChI=1S/C17H22FN5OS/c1-11-5-3-6-12(2)22(11)15(24)10-25-17-21-20-16(23(17)19)13-7-4-8-14(18)9-13/h4,7-9,11-12H,3,5-6,10,19H2,1-2H3/t11-,12+. The molecule has 1 amide bonds. The Bertz CT molecular complexity index is 755. The van der Waals surface area contributed by atoms with E-state index < -0.39 is 0 Å². The van der Waals surface area contributed by atoms with Gasteiger partial charge in [0.25, 0.3) is 0 Å². The third-order valence-electron chi connectivity index (χ3n) is 4.55. The molecular weight excluding hydrogens is 341 g/mol. The molecule has 1 aromatic heterocycles. The average molecular weight is 363 g/mol. The molecule has 0 saturated carbocycles. The second-order valence-corrected chi connectivity index (χ2v) is 7.35. The maximum Gasteiger partial charge on any atom is 0.233 e. The first-order valence-electron chi connectivity index (χ1n) is 8.37. The number of likely N-dealkylation sites (tertiary alicyclic amines) is 1. The number of aromatic nitrogens is 3. The number of nitrogen functional groups attached to an aromatic ring is 1. The minimum absolute atomic E-state index is 0.0833. The van der Waals surface area contributed by atoms with Gasteiger partial charge in [-0.25, -0.2) is 9.07 Å². The molecule has 0 unspecified atom stereocenters. The third-order valence-corrected chi connectivity index (χ3v) is 5.48. The summed E-state index contributed by atoms with van der Waals surface area (Å²) in [6.07, 6.45) is 3.24. The van der Waals surface area contributed by atoms with Gasteiger partial charge in [0.15, 0.2) is 5.82 Å². The van der Waals surface area contributed by atoms with E-state index in [0.717, 1.165) is 19.3 Å². The summed E-state index contributed by atoms with van der Waals surface area (Å²) in [7, 11) is 0. The molecule has 1 fully saturated rings. The van der Waals surface area contributed by atoms with E-state index in [4.69, 9.17) is 5.84 Å². The van der Waals surface area contributed by atoms with E-state index in [1.165, 1.54) is 28.6 Å². The highest BCUT2D eigenvalue weighted by Gasteiger charge is 2.29. The number of halogens is 1. The van der Waals surface area contributed by atoms with E-state index in [1.54, 1.807) is 12.1 Å². The molecule has 6 nitrogen and oxygen atoms in total. The van der Waals surface area contributed by atoms with Gasteiger partial charge in [0.1, 0.15) is 5.82 Å². The number of carbonyl (C=O) groups excluding carboxylic acids is 1. The van der Waals surface area contributed by atoms with Crippen molar-refractivity contribution in [3.05, 3.63) is 30.1 Å². The zero-order valence-corrected chi connectivity index (χ0v) is 15.2. The second-order valence-electron chi connectivity index (χ2n) is 6.41. The quantitative estimate of drug-likeness (QED) is 0.667. The molecule has 0 spiro atoms. The van der Waals surface area contributed by atoms with Crippen LogP contribution in [0.25, 0.3) is 11.4 Å². The van der Waals surface area contributed by atoms with E-state index in [1.807, 2.05) is 4.90 Å². The minimum atomic E-state index is -0.363. The summed E-state index contributed by atoms with van der Waals surface area (Å²) in [4.78, 5) is 14.5. The maximum atomic E-state index is 13.4. The normalized spacial score (nSPS) is 20.7. The number of hydrogen-bond acceptors (Lipinski definition) is 5. The summed E-state index contributed by atoms with van der Waals surface area (Å²) in [6.45, 7) is 4.18. The van der Waals surface area contributed by atoms with Crippen LogP contribution in [0.5, 0.6) is 0 Å². The van der Waals surface area contributed by atoms with Gasteiger partial charge in [-0.1, -0.05) is 23.9 Å². The summed E-state index contributed by atoms with van der Waals surface area (Å²) >= 11 is 1.25. The van der Waals surface area contributed by atoms with Crippen molar-refractivity contribution in [3.8, 4) is 11.4 Å². The fourth-order valence-corrected chi connectivity index (χ4v) is 4.04. The van der Waals surface area contributed by atoms with Crippen molar-refractivity contribution in [1.29, 1.82) is 0 Å². The summed E-state index contributed by atoms with van der Waals surface area (Å²) in [5.74, 6) is 6.38. The van der Waals surface area contributed by atoms with Crippen molar-refractivity contribution < 1.29 is 9.18 Å². The predicted molar refractivity (Wildman–Crippen MR) is 95.9 cm³/mol. The van der Waals surface area contributed by atoms with Gasteiger partial charge in [-0.3, -0.25) is 4.79 Å². The Kier molecular flexibility index (Phi) is 5.27. The Balaban J connectivity index is 1.69. The monoisotopic (exact) mass is 363 g/mol. The zero-order chi connectivity index (χ0) is 18.0. The molecular formula is C17H22FN5OS. The highest BCUT2D eigenvalue weighted by atomic mass is 32.2. The smallest absolute Gasteiger partial charge is 0.233 e. The number of amides is 1. The summed E-state index contributed by atoms with van der Waals surface area (Å²) in [6, 6.07) is 6.54. The van der Waals surface area contributed by atoms with E-state index in [-0.39, 0.29) is 29.6 Å². The van der Waals surface area contributed by atoms with Crippen LogP contribution in [0, 0.1) is 5.82 Å². The highest BCUT2D eigenvalue weighted by Crippen LogP contribution is 2.26. The predicted octanol–water partition coefficient (Wildman–Crippen LogP) is 2.68. The number of hydrogen-bond donors (Lipinski definition) is 1. The van der Waals surface area contributed by atoms with Crippen LogP contribution in [0.3, 0.4) is 0 Å². The van der Waals surface area contributed by atoms with Crippen LogP contribution in [-0.2, 0) is 4.79 Å². The van der Waals surface area contributed by atoms with Gasteiger partial charge >= 0.3 is 0 Å². The number of nitrogens with two attached hydrogens (primary N) is 1. The van der Waals surface area contributed by atoms with Crippen LogP contribution in [-0.4, -0.2) is 43.5 Å². The molecule has 2 aromatic rings. The number of thioether (sulfide) groups is 1. The fourth-order valence-electron chi connectivity index (χ4n) is 3.31. The number of benzene rings is 1. The van der Waals surface area contributed by atoms with Crippen LogP contribution in [0.4, 0.5) is 4.39 Å². The first kappa shape index (κ1) is 17.7. The van der Waals surface area contributed by atoms with Crippen molar-refractivity contribution in [2.24, 2.45) is 0 Å². The van der Waals surface area contributed by atoms with Gasteiger partial charge in [0.2, 0.25) is 11.1 Å². The Morgan fingerprint density at radius 1 is 1.32 bits per heavy atom. The number of rotatable bonds is 4. The lowest BCUT2D eigenvalue weighted by Crippen LogP contribution is -2.48. The van der Waals surface area contributed by atoms with Crippen LogP contribution < -0.4 is 5.84 Å². The first-order chi connectivity index (χ1) is 12.0. The molecule has 134 valence electrons. The molecule has 1 saturated heterocycles. The molecule has 1 aromatic carbocycles. The van der Waals surface area contributed by atoms with Crippen LogP contribution in [0.2, 0.25) is 0 Å². The van der Waals surface area contributed by atoms with Gasteiger partial charge < -0.3 is 10.7 Å². The lowest BCUT2D eigenvalue weighted by atomic mass is 9.98. The van der Waals surface area contributed by atoms with Crippen molar-refractivity contribution in [3.63, 3.8) is 0 Å². The van der Waals surface area contributed by atoms with Gasteiger partial charge in [-0.15, -0.1) is 10.2 Å². The van der Waals surface area contributed by atoms with Gasteiger partial charge in [-0.05, 0) is 45.2 Å². The lowest BCUT2D eigenvalue weighted by Gasteiger charge is -2.39. The van der Waals surface area contributed by atoms with Crippen LogP contribution in [0.15, 0.2) is 29.4 Å². The Labute approximate surface area is 150 Å². The van der Waals surface area contributed by atoms with Crippen molar-refractivity contribution in [1.82, 2.24) is 19.8 Å². The van der Waals surface area contributed by atoms with E-state index in [0.29, 0.717) is 16.5 Å². The zero-order valence-electron chi connectivity index (χ0n) is 14.4. The van der Waals surface area contributed by atoms with E-state index >= 15 is 0 Å². The molecule has 2 heterocycles. The first-order valence-corrected chi connectivity index (χ1v) is 9.36. The van der Waals surface area contributed by atoms with Crippen molar-refractivity contribution in [2.45, 2.75) is 50.4 Å². The largest absolute Gasteiger partial charge is 0.337 e. The molecule has 0 radical (unpaired) electrons. The van der Waals surface area contributed by atoms with Crippen molar-refractivity contribution in [2.75, 3.05) is 11.6 Å². The average Bonchev–Trinajstić information content (AvgIpc) is 2.93. The fraction of sp³-hybridized carbons (Fsp3) is 0.471. The van der Waals surface area contributed by atoms with Crippen molar-refractivity contribution >= 4 is 17.7 Å². The summed E-state index contributed by atoms with van der Waals surface area (Å²) in [5.41, 5.74) is 0.548. The molecule has 25 heavy (non-hydrogen) atoms. The SMILES string of the molecule is C[C@@H]1CCC[C@H](C)N1C(=O)CSc1nnc(-c2cccc(F)c2)n1N. The molecule has 0 bridgehead atoms. The summed E-state index contributed by atoms with van der Waals surface area (Å²) < 4.78 is 14.7. The Hall–Kier alpha value is -2.09. The molecule has 8 heteroatoms. The second kappa shape index (κ2) is 7.43. The van der Waals surface area contributed by atoms with Gasteiger partial charge in [0, 0.05) is 17.6 Å². The molecule has 0 aliphatic carbocycles. The van der Waals surface area contributed by atoms with Crippen LogP contribution >= 0.6 is 11.8 Å². The number of nitrogens with zero attached hydrogens (tertiary/aromatic N) is 4. The number of piperidine rings is 1. The minimum Gasteiger partial charge on any atom is -0.337 e. The Morgan fingerprint density at radius 3 is 2.72 bits per heavy atom. The van der Waals surface area contributed by atoms with Gasteiger partial charge in [0.05, 0.1) is 5.75 Å². The Morgan fingerprint density at radius 2 is 2.04 bits per heavy atom. The van der Waals surface area contributed by atoms with Gasteiger partial charge in [-0.2, -0.15) is 0 Å². The van der Waals surface area contributed by atoms with Crippen LogP contribution in [0.1, 0.15) is 33.1 Å². The molecule has 2 atom stereocenters. The lowest BCUT2D eigenvalue weighted by molar-refractivity contribution is -0.134. The molecule has 1 aliphatic rings. The topological polar surface area (TPSA) is 77.0 Å². The number of carbonyl (C=O) groups is 1. The molecule has 1 aliphatic heterocycles.